The lowest BCUT2D eigenvalue weighted by atomic mass is 9.98. The molecule has 2 saturated heterocycles. The van der Waals surface area contributed by atoms with Crippen molar-refractivity contribution in [3.8, 4) is 0 Å². The van der Waals surface area contributed by atoms with E-state index in [2.05, 4.69) is 26.0 Å². The molecule has 0 bridgehead atoms. The van der Waals surface area contributed by atoms with Crippen LogP contribution in [0.1, 0.15) is 142 Å². The van der Waals surface area contributed by atoms with Gasteiger partial charge in [0.2, 0.25) is 0 Å². The highest BCUT2D eigenvalue weighted by molar-refractivity contribution is 5.70. The summed E-state index contributed by atoms with van der Waals surface area (Å²) >= 11 is 0. The molecule has 15 heteroatoms. The molecule has 2 heterocycles. The molecular formula is C41H74O15. The van der Waals surface area contributed by atoms with Gasteiger partial charge in [0.1, 0.15) is 55.4 Å². The van der Waals surface area contributed by atoms with Crippen molar-refractivity contribution >= 4 is 11.9 Å². The van der Waals surface area contributed by atoms with Crippen LogP contribution in [-0.2, 0) is 38.0 Å². The first-order chi connectivity index (χ1) is 27.0. The molecule has 0 amide bonds. The summed E-state index contributed by atoms with van der Waals surface area (Å²) in [5, 5.41) is 71.5. The van der Waals surface area contributed by atoms with Gasteiger partial charge in [-0.25, -0.2) is 0 Å². The van der Waals surface area contributed by atoms with Gasteiger partial charge in [-0.3, -0.25) is 9.59 Å². The monoisotopic (exact) mass is 807 g/mol. The van der Waals surface area contributed by atoms with Gasteiger partial charge < -0.3 is 64.2 Å². The van der Waals surface area contributed by atoms with Gasteiger partial charge >= 0.3 is 11.9 Å². The molecule has 11 atom stereocenters. The minimum atomic E-state index is -1.76. The first kappa shape index (κ1) is 50.4. The van der Waals surface area contributed by atoms with Gasteiger partial charge in [-0.2, -0.15) is 0 Å². The number of rotatable bonds is 31. The van der Waals surface area contributed by atoms with Gasteiger partial charge in [-0.1, -0.05) is 103 Å². The Bertz CT molecular complexity index is 1040. The Kier molecular flexibility index (Phi) is 27.3. The van der Waals surface area contributed by atoms with Crippen molar-refractivity contribution < 1.29 is 73.8 Å². The largest absolute Gasteiger partial charge is 0.462 e. The fourth-order valence-electron chi connectivity index (χ4n) is 6.62. The van der Waals surface area contributed by atoms with Crippen LogP contribution in [0.2, 0.25) is 0 Å². The molecule has 328 valence electrons. The fraction of sp³-hybridized carbons (Fsp3) is 0.902. The van der Waals surface area contributed by atoms with Crippen LogP contribution in [0.3, 0.4) is 0 Å². The maximum atomic E-state index is 12.8. The number of aliphatic hydroxyl groups is 7. The van der Waals surface area contributed by atoms with Gasteiger partial charge in [0.05, 0.1) is 19.8 Å². The van der Waals surface area contributed by atoms with E-state index in [-0.39, 0.29) is 26.1 Å². The maximum Gasteiger partial charge on any atom is 0.306 e. The van der Waals surface area contributed by atoms with E-state index in [0.29, 0.717) is 12.8 Å². The van der Waals surface area contributed by atoms with Crippen LogP contribution in [0.5, 0.6) is 0 Å². The average Bonchev–Trinajstić information content (AvgIpc) is 3.19. The number of carbonyl (C=O) groups excluding carboxylic acids is 2. The van der Waals surface area contributed by atoms with E-state index in [0.717, 1.165) is 64.2 Å². The summed E-state index contributed by atoms with van der Waals surface area (Å²) < 4.78 is 33.2. The van der Waals surface area contributed by atoms with Crippen LogP contribution in [0.4, 0.5) is 0 Å². The van der Waals surface area contributed by atoms with Crippen molar-refractivity contribution in [3.63, 3.8) is 0 Å². The molecule has 0 saturated carbocycles. The minimum absolute atomic E-state index is 0.158. The van der Waals surface area contributed by atoms with Crippen molar-refractivity contribution in [1.82, 2.24) is 0 Å². The highest BCUT2D eigenvalue weighted by Crippen LogP contribution is 2.26. The second-order valence-corrected chi connectivity index (χ2v) is 15.2. The third-order valence-electron chi connectivity index (χ3n) is 10.2. The normalized spacial score (nSPS) is 28.7. The lowest BCUT2D eigenvalue weighted by Gasteiger charge is -2.42. The lowest BCUT2D eigenvalue weighted by molar-refractivity contribution is -0.332. The molecule has 2 rings (SSSR count). The lowest BCUT2D eigenvalue weighted by Crippen LogP contribution is -2.61. The van der Waals surface area contributed by atoms with Crippen molar-refractivity contribution in [3.05, 3.63) is 12.2 Å². The highest BCUT2D eigenvalue weighted by Gasteiger charge is 2.47. The minimum Gasteiger partial charge on any atom is -0.462 e. The molecule has 0 aliphatic carbocycles. The third kappa shape index (κ3) is 19.8. The molecule has 11 unspecified atom stereocenters. The predicted octanol–water partition coefficient (Wildman–Crippen LogP) is 3.48. The number of unbranched alkanes of at least 4 members (excludes halogenated alkanes) is 15. The van der Waals surface area contributed by atoms with Gasteiger partial charge in [0, 0.05) is 12.8 Å². The zero-order valence-corrected chi connectivity index (χ0v) is 33.9. The summed E-state index contributed by atoms with van der Waals surface area (Å²) in [4.78, 5) is 25.3. The summed E-state index contributed by atoms with van der Waals surface area (Å²) in [6, 6.07) is 0. The Balaban J connectivity index is 1.84. The molecule has 0 spiro atoms. The SMILES string of the molecule is CCCCCCCC/C=C\CCCCCCCC(=O)OC(COC(=O)CCCCCCC)COC1OC(COC2OC(CO)C(O)C(O)C2O)C(O)C(O)C1O. The molecule has 2 aliphatic heterocycles. The van der Waals surface area contributed by atoms with Crippen LogP contribution in [0, 0.1) is 0 Å². The molecule has 0 aromatic carbocycles. The van der Waals surface area contributed by atoms with E-state index in [1.54, 1.807) is 0 Å². The predicted molar refractivity (Wildman–Crippen MR) is 206 cm³/mol. The fourth-order valence-corrected chi connectivity index (χ4v) is 6.62. The topological polar surface area (TPSA) is 231 Å². The van der Waals surface area contributed by atoms with E-state index >= 15 is 0 Å². The zero-order valence-electron chi connectivity index (χ0n) is 33.9. The number of hydrogen-bond donors (Lipinski definition) is 7. The van der Waals surface area contributed by atoms with E-state index in [1.165, 1.54) is 38.5 Å². The molecule has 56 heavy (non-hydrogen) atoms. The summed E-state index contributed by atoms with van der Waals surface area (Å²) in [6.07, 6.45) is 7.46. The summed E-state index contributed by atoms with van der Waals surface area (Å²) in [5.41, 5.74) is 0. The number of ether oxygens (including phenoxy) is 6. The van der Waals surface area contributed by atoms with E-state index in [4.69, 9.17) is 28.4 Å². The molecule has 0 radical (unpaired) electrons. The van der Waals surface area contributed by atoms with E-state index in [9.17, 15) is 45.3 Å². The first-order valence-corrected chi connectivity index (χ1v) is 21.3. The molecule has 0 aromatic rings. The Morgan fingerprint density at radius 2 is 1.02 bits per heavy atom. The van der Waals surface area contributed by atoms with Crippen molar-refractivity contribution in [1.29, 1.82) is 0 Å². The number of carbonyl (C=O) groups is 2. The van der Waals surface area contributed by atoms with Crippen LogP contribution in [0.25, 0.3) is 0 Å². The second-order valence-electron chi connectivity index (χ2n) is 15.2. The Morgan fingerprint density at radius 3 is 1.57 bits per heavy atom. The zero-order chi connectivity index (χ0) is 41.1. The van der Waals surface area contributed by atoms with Crippen molar-refractivity contribution in [2.75, 3.05) is 26.4 Å². The average molecular weight is 807 g/mol. The maximum absolute atomic E-state index is 12.8. The Hall–Kier alpha value is -1.76. The number of aliphatic hydroxyl groups excluding tert-OH is 7. The van der Waals surface area contributed by atoms with Gasteiger partial charge in [0.15, 0.2) is 18.7 Å². The smallest absolute Gasteiger partial charge is 0.306 e. The summed E-state index contributed by atoms with van der Waals surface area (Å²) in [5.74, 6) is -0.948. The van der Waals surface area contributed by atoms with E-state index in [1.807, 2.05) is 0 Å². The van der Waals surface area contributed by atoms with E-state index < -0.39 is 92.7 Å². The second kappa shape index (κ2) is 30.3. The molecule has 2 fully saturated rings. The number of esters is 2. The van der Waals surface area contributed by atoms with Gasteiger partial charge in [-0.15, -0.1) is 0 Å². The van der Waals surface area contributed by atoms with Gasteiger partial charge in [-0.05, 0) is 38.5 Å². The third-order valence-corrected chi connectivity index (χ3v) is 10.2. The van der Waals surface area contributed by atoms with Gasteiger partial charge in [0.25, 0.3) is 0 Å². The van der Waals surface area contributed by atoms with Crippen molar-refractivity contribution in [2.45, 2.75) is 210 Å². The highest BCUT2D eigenvalue weighted by atomic mass is 16.7. The van der Waals surface area contributed by atoms with Crippen LogP contribution >= 0.6 is 0 Å². The Morgan fingerprint density at radius 1 is 0.554 bits per heavy atom. The first-order valence-electron chi connectivity index (χ1n) is 21.3. The van der Waals surface area contributed by atoms with Crippen LogP contribution in [-0.4, -0.2) is 142 Å². The van der Waals surface area contributed by atoms with Crippen molar-refractivity contribution in [2.24, 2.45) is 0 Å². The standard InChI is InChI=1S/C41H74O15/c1-3-5-7-9-10-11-12-13-14-15-16-17-18-20-22-24-33(44)54-29(26-51-32(43)23-21-19-8-6-4-2)27-52-40-39(50)37(48)35(46)31(56-40)28-53-41-38(49)36(47)34(45)30(25-42)55-41/h13-14,29-31,34-42,45-50H,3-12,15-28H2,1-2H3/b14-13-. The summed E-state index contributed by atoms with van der Waals surface area (Å²) in [6.45, 7) is 2.45. The quantitative estimate of drug-likeness (QED) is 0.0302. The van der Waals surface area contributed by atoms with Crippen LogP contribution in [0.15, 0.2) is 12.2 Å². The molecular weight excluding hydrogens is 732 g/mol. The molecule has 7 N–H and O–H groups in total. The molecule has 0 aromatic heterocycles. The number of hydrogen-bond acceptors (Lipinski definition) is 15. The molecule has 2 aliphatic rings. The molecule has 15 nitrogen and oxygen atoms in total. The van der Waals surface area contributed by atoms with Crippen LogP contribution < -0.4 is 0 Å². The Labute approximate surface area is 333 Å². The number of allylic oxidation sites excluding steroid dienone is 2. The summed E-state index contributed by atoms with van der Waals surface area (Å²) in [7, 11) is 0.